The van der Waals surface area contributed by atoms with Crippen molar-refractivity contribution in [3.63, 3.8) is 0 Å². The van der Waals surface area contributed by atoms with E-state index < -0.39 is 17.8 Å². The topological polar surface area (TPSA) is 33.4 Å². The third-order valence-corrected chi connectivity index (χ3v) is 2.58. The highest BCUT2D eigenvalue weighted by Gasteiger charge is 2.30. The first kappa shape index (κ1) is 12.7. The van der Waals surface area contributed by atoms with Gasteiger partial charge in [-0.25, -0.2) is 0 Å². The number of hydrogen-bond acceptors (Lipinski definition) is 2. The lowest BCUT2D eigenvalue weighted by Gasteiger charge is -2.10. The minimum absolute atomic E-state index is 0.214. The Balaban J connectivity index is 2.07. The first-order valence-corrected chi connectivity index (χ1v) is 5.34. The molecule has 1 aromatic carbocycles. The van der Waals surface area contributed by atoms with E-state index in [2.05, 4.69) is 0 Å². The van der Waals surface area contributed by atoms with Gasteiger partial charge in [-0.2, -0.15) is 13.2 Å². The van der Waals surface area contributed by atoms with E-state index in [9.17, 15) is 18.3 Å². The Kier molecular flexibility index (Phi) is 3.43. The molecule has 1 atom stereocenters. The molecule has 0 spiro atoms. The monoisotopic (exact) mass is 256 g/mol. The van der Waals surface area contributed by atoms with Crippen LogP contribution < -0.4 is 0 Å². The fourth-order valence-corrected chi connectivity index (χ4v) is 1.63. The van der Waals surface area contributed by atoms with Crippen molar-refractivity contribution in [2.75, 3.05) is 0 Å². The summed E-state index contributed by atoms with van der Waals surface area (Å²) in [7, 11) is 0. The van der Waals surface area contributed by atoms with E-state index in [0.29, 0.717) is 11.3 Å². The smallest absolute Gasteiger partial charge is 0.416 e. The fourth-order valence-electron chi connectivity index (χ4n) is 1.63. The van der Waals surface area contributed by atoms with Gasteiger partial charge in [-0.1, -0.05) is 12.1 Å². The number of furan rings is 1. The van der Waals surface area contributed by atoms with Crippen LogP contribution in [-0.4, -0.2) is 5.11 Å². The number of rotatable bonds is 3. The summed E-state index contributed by atoms with van der Waals surface area (Å²) in [6, 6.07) is 7.98. The van der Waals surface area contributed by atoms with Crippen molar-refractivity contribution < 1.29 is 22.7 Å². The maximum atomic E-state index is 12.3. The molecular formula is C13H11F3O2. The average Bonchev–Trinajstić information content (AvgIpc) is 2.82. The molecule has 1 N–H and O–H groups in total. The van der Waals surface area contributed by atoms with E-state index in [-0.39, 0.29) is 6.42 Å². The maximum absolute atomic E-state index is 12.3. The Hall–Kier alpha value is -1.75. The highest BCUT2D eigenvalue weighted by Crippen LogP contribution is 2.29. The van der Waals surface area contributed by atoms with Gasteiger partial charge in [0, 0.05) is 6.42 Å². The summed E-state index contributed by atoms with van der Waals surface area (Å²) < 4.78 is 42.0. The van der Waals surface area contributed by atoms with Gasteiger partial charge in [0.2, 0.25) is 0 Å². The molecular weight excluding hydrogens is 245 g/mol. The van der Waals surface area contributed by atoms with Crippen LogP contribution in [0.3, 0.4) is 0 Å². The second kappa shape index (κ2) is 4.86. The lowest BCUT2D eigenvalue weighted by molar-refractivity contribution is -0.137. The van der Waals surface area contributed by atoms with Crippen LogP contribution in [0.1, 0.15) is 23.0 Å². The molecule has 0 bridgehead atoms. The Morgan fingerprint density at radius 2 is 1.78 bits per heavy atom. The van der Waals surface area contributed by atoms with E-state index in [1.807, 2.05) is 0 Å². The molecule has 0 saturated carbocycles. The summed E-state index contributed by atoms with van der Waals surface area (Å²) in [6.45, 7) is 0. The van der Waals surface area contributed by atoms with Crippen LogP contribution in [0.2, 0.25) is 0 Å². The van der Waals surface area contributed by atoms with Crippen molar-refractivity contribution in [1.82, 2.24) is 0 Å². The average molecular weight is 256 g/mol. The van der Waals surface area contributed by atoms with E-state index in [0.717, 1.165) is 12.1 Å². The normalized spacial score (nSPS) is 13.6. The van der Waals surface area contributed by atoms with Gasteiger partial charge in [-0.3, -0.25) is 0 Å². The summed E-state index contributed by atoms with van der Waals surface area (Å²) in [5.41, 5.74) is -0.0781. The quantitative estimate of drug-likeness (QED) is 0.910. The third-order valence-electron chi connectivity index (χ3n) is 2.58. The number of aliphatic hydroxyl groups is 1. The highest BCUT2D eigenvalue weighted by atomic mass is 19.4. The lowest BCUT2D eigenvalue weighted by Crippen LogP contribution is -2.05. The molecule has 1 unspecified atom stereocenters. The minimum atomic E-state index is -4.34. The molecule has 0 aliphatic carbocycles. The van der Waals surface area contributed by atoms with Gasteiger partial charge in [-0.15, -0.1) is 0 Å². The van der Waals surface area contributed by atoms with Crippen molar-refractivity contribution in [3.8, 4) is 0 Å². The van der Waals surface area contributed by atoms with Gasteiger partial charge in [0.25, 0.3) is 0 Å². The number of aliphatic hydroxyl groups excluding tert-OH is 1. The molecule has 2 aromatic rings. The molecule has 2 nitrogen and oxygen atoms in total. The summed E-state index contributed by atoms with van der Waals surface area (Å²) in [4.78, 5) is 0. The van der Waals surface area contributed by atoms with E-state index in [1.54, 1.807) is 12.1 Å². The van der Waals surface area contributed by atoms with Crippen molar-refractivity contribution >= 4 is 0 Å². The predicted octanol–water partition coefficient (Wildman–Crippen LogP) is 3.57. The lowest BCUT2D eigenvalue weighted by atomic mass is 10.0. The molecule has 2 rings (SSSR count). The molecule has 0 amide bonds. The van der Waals surface area contributed by atoms with Crippen molar-refractivity contribution in [2.45, 2.75) is 18.7 Å². The first-order valence-electron chi connectivity index (χ1n) is 5.34. The second-order valence-electron chi connectivity index (χ2n) is 3.93. The number of halogens is 3. The molecule has 0 saturated heterocycles. The SMILES string of the molecule is OC(Cc1ccc(C(F)(F)F)cc1)c1ccco1. The van der Waals surface area contributed by atoms with E-state index >= 15 is 0 Å². The Morgan fingerprint density at radius 3 is 2.28 bits per heavy atom. The van der Waals surface area contributed by atoms with Crippen LogP contribution in [0, 0.1) is 0 Å². The predicted molar refractivity (Wildman–Crippen MR) is 58.8 cm³/mol. The molecule has 5 heteroatoms. The molecule has 0 aliphatic rings. The van der Waals surface area contributed by atoms with Crippen LogP contribution in [0.5, 0.6) is 0 Å². The molecule has 1 aromatic heterocycles. The molecule has 96 valence electrons. The first-order chi connectivity index (χ1) is 8.47. The molecule has 0 aliphatic heterocycles. The number of alkyl halides is 3. The Bertz CT molecular complexity index is 486. The van der Waals surface area contributed by atoms with Crippen molar-refractivity contribution in [1.29, 1.82) is 0 Å². The van der Waals surface area contributed by atoms with Gasteiger partial charge in [0.05, 0.1) is 11.8 Å². The summed E-state index contributed by atoms with van der Waals surface area (Å²) >= 11 is 0. The summed E-state index contributed by atoms with van der Waals surface area (Å²) in [5.74, 6) is 0.398. The second-order valence-corrected chi connectivity index (χ2v) is 3.93. The van der Waals surface area contributed by atoms with Gasteiger partial charge in [-0.05, 0) is 29.8 Å². The summed E-state index contributed by atoms with van der Waals surface area (Å²) in [6.07, 6.45) is -3.54. The minimum Gasteiger partial charge on any atom is -0.467 e. The van der Waals surface area contributed by atoms with Crippen molar-refractivity contribution in [3.05, 3.63) is 59.5 Å². The van der Waals surface area contributed by atoms with Crippen LogP contribution in [0.15, 0.2) is 47.1 Å². The van der Waals surface area contributed by atoms with Gasteiger partial charge in [0.15, 0.2) is 0 Å². The van der Waals surface area contributed by atoms with Crippen LogP contribution >= 0.6 is 0 Å². The maximum Gasteiger partial charge on any atom is 0.416 e. The van der Waals surface area contributed by atoms with Gasteiger partial charge < -0.3 is 9.52 Å². The van der Waals surface area contributed by atoms with E-state index in [1.165, 1.54) is 18.4 Å². The number of benzene rings is 1. The Morgan fingerprint density at radius 1 is 1.11 bits per heavy atom. The third kappa shape index (κ3) is 2.92. The van der Waals surface area contributed by atoms with E-state index in [4.69, 9.17) is 4.42 Å². The van der Waals surface area contributed by atoms with Crippen LogP contribution in [-0.2, 0) is 12.6 Å². The fraction of sp³-hybridized carbons (Fsp3) is 0.231. The van der Waals surface area contributed by atoms with Crippen molar-refractivity contribution in [2.24, 2.45) is 0 Å². The molecule has 0 fully saturated rings. The molecule has 0 radical (unpaired) electrons. The zero-order valence-electron chi connectivity index (χ0n) is 9.32. The largest absolute Gasteiger partial charge is 0.467 e. The van der Waals surface area contributed by atoms with Gasteiger partial charge in [0.1, 0.15) is 11.9 Å². The standard InChI is InChI=1S/C13H11F3O2/c14-13(15,16)10-5-3-9(4-6-10)8-11(17)12-2-1-7-18-12/h1-7,11,17H,8H2. The van der Waals surface area contributed by atoms with Crippen LogP contribution in [0.4, 0.5) is 13.2 Å². The molecule has 18 heavy (non-hydrogen) atoms. The highest BCUT2D eigenvalue weighted by molar-refractivity contribution is 5.25. The summed E-state index contributed by atoms with van der Waals surface area (Å²) in [5, 5.41) is 9.78. The zero-order valence-corrected chi connectivity index (χ0v) is 9.32. The van der Waals surface area contributed by atoms with Gasteiger partial charge >= 0.3 is 6.18 Å². The Labute approximate surface area is 102 Å². The molecule has 1 heterocycles. The zero-order chi connectivity index (χ0) is 13.2. The van der Waals surface area contributed by atoms with Crippen LogP contribution in [0.25, 0.3) is 0 Å². The number of hydrogen-bond donors (Lipinski definition) is 1.